The van der Waals surface area contributed by atoms with E-state index in [4.69, 9.17) is 14.5 Å². The van der Waals surface area contributed by atoms with E-state index in [1.165, 1.54) is 26.4 Å². The Morgan fingerprint density at radius 1 is 0.967 bits per heavy atom. The van der Waals surface area contributed by atoms with Crippen molar-refractivity contribution < 1.29 is 13.9 Å². The van der Waals surface area contributed by atoms with Crippen molar-refractivity contribution in [3.8, 4) is 34.3 Å². The molecule has 9 heteroatoms. The predicted octanol–water partition coefficient (Wildman–Crippen LogP) is 4.43. The molecule has 0 amide bonds. The SMILES string of the molecule is COc1ncc(-c2nc(NCc3ccc(F)cc3)ncc2-c2ccsc2)c(OC)n1. The minimum Gasteiger partial charge on any atom is -0.480 e. The molecule has 0 bridgehead atoms. The maximum atomic E-state index is 13.1. The molecule has 3 aromatic heterocycles. The number of anilines is 1. The molecule has 30 heavy (non-hydrogen) atoms. The molecule has 0 aliphatic carbocycles. The van der Waals surface area contributed by atoms with Crippen LogP contribution in [0.2, 0.25) is 0 Å². The molecule has 1 N–H and O–H groups in total. The molecule has 1 aromatic carbocycles. The number of halogens is 1. The van der Waals surface area contributed by atoms with Crippen molar-refractivity contribution in [3.63, 3.8) is 0 Å². The lowest BCUT2D eigenvalue weighted by molar-refractivity contribution is 0.353. The topological polar surface area (TPSA) is 82.1 Å². The number of benzene rings is 1. The molecule has 0 atom stereocenters. The zero-order chi connectivity index (χ0) is 20.9. The monoisotopic (exact) mass is 423 g/mol. The molecule has 7 nitrogen and oxygen atoms in total. The fourth-order valence-corrected chi connectivity index (χ4v) is 3.51. The standard InChI is InChI=1S/C21H18FN5O2S/c1-28-19-17(11-25-21(27-19)29-2)18-16(14-7-8-30-12-14)10-24-20(26-18)23-9-13-3-5-15(22)6-4-13/h3-8,10-12H,9H2,1-2H3,(H,23,24,26). The summed E-state index contributed by atoms with van der Waals surface area (Å²) in [7, 11) is 3.03. The minimum atomic E-state index is -0.274. The first-order valence-electron chi connectivity index (χ1n) is 9.01. The summed E-state index contributed by atoms with van der Waals surface area (Å²) in [5.74, 6) is 0.497. The molecule has 0 fully saturated rings. The number of nitrogens with one attached hydrogen (secondary N) is 1. The lowest BCUT2D eigenvalue weighted by Gasteiger charge is -2.13. The molecule has 3 heterocycles. The van der Waals surface area contributed by atoms with Crippen LogP contribution in [0.25, 0.3) is 22.4 Å². The Kier molecular flexibility index (Phi) is 5.80. The van der Waals surface area contributed by atoms with Gasteiger partial charge in [0.2, 0.25) is 11.8 Å². The highest BCUT2D eigenvalue weighted by Crippen LogP contribution is 2.36. The second-order valence-electron chi connectivity index (χ2n) is 6.23. The number of ether oxygens (including phenoxy) is 2. The van der Waals surface area contributed by atoms with Gasteiger partial charge < -0.3 is 14.8 Å². The molecule has 0 spiro atoms. The predicted molar refractivity (Wildman–Crippen MR) is 113 cm³/mol. The van der Waals surface area contributed by atoms with Gasteiger partial charge in [-0.1, -0.05) is 12.1 Å². The number of methoxy groups -OCH3 is 2. The van der Waals surface area contributed by atoms with Crippen LogP contribution >= 0.6 is 11.3 Å². The number of hydrogen-bond donors (Lipinski definition) is 1. The van der Waals surface area contributed by atoms with Crippen LogP contribution < -0.4 is 14.8 Å². The Morgan fingerprint density at radius 2 is 1.77 bits per heavy atom. The maximum Gasteiger partial charge on any atom is 0.319 e. The first kappa shape index (κ1) is 19.7. The first-order valence-corrected chi connectivity index (χ1v) is 9.95. The van der Waals surface area contributed by atoms with Crippen LogP contribution in [0.1, 0.15) is 5.56 Å². The van der Waals surface area contributed by atoms with E-state index in [1.54, 1.807) is 35.9 Å². The van der Waals surface area contributed by atoms with Crippen molar-refractivity contribution in [2.24, 2.45) is 0 Å². The molecule has 0 saturated heterocycles. The van der Waals surface area contributed by atoms with Crippen molar-refractivity contribution in [2.45, 2.75) is 6.54 Å². The Hall–Kier alpha value is -3.59. The molecular weight excluding hydrogens is 405 g/mol. The Morgan fingerprint density at radius 3 is 2.47 bits per heavy atom. The molecule has 0 aliphatic heterocycles. The fourth-order valence-electron chi connectivity index (χ4n) is 2.85. The van der Waals surface area contributed by atoms with E-state index in [0.717, 1.165) is 16.7 Å². The first-order chi connectivity index (χ1) is 14.7. The molecule has 4 aromatic rings. The maximum absolute atomic E-state index is 13.1. The van der Waals surface area contributed by atoms with Gasteiger partial charge in [0, 0.05) is 24.5 Å². The average molecular weight is 423 g/mol. The Labute approximate surface area is 176 Å². The number of hydrogen-bond acceptors (Lipinski definition) is 8. The summed E-state index contributed by atoms with van der Waals surface area (Å²) in [4.78, 5) is 17.6. The molecule has 0 saturated carbocycles. The van der Waals surface area contributed by atoms with Gasteiger partial charge in [-0.15, -0.1) is 0 Å². The van der Waals surface area contributed by atoms with Crippen molar-refractivity contribution >= 4 is 17.3 Å². The van der Waals surface area contributed by atoms with E-state index in [2.05, 4.69) is 20.3 Å². The van der Waals surface area contributed by atoms with Crippen LogP contribution in [0.15, 0.2) is 53.5 Å². The van der Waals surface area contributed by atoms with E-state index >= 15 is 0 Å². The zero-order valence-corrected chi connectivity index (χ0v) is 17.1. The molecule has 152 valence electrons. The minimum absolute atomic E-state index is 0.205. The van der Waals surface area contributed by atoms with Crippen molar-refractivity contribution in [1.29, 1.82) is 0 Å². The van der Waals surface area contributed by atoms with Gasteiger partial charge in [-0.25, -0.2) is 19.3 Å². The quantitative estimate of drug-likeness (QED) is 0.471. The summed E-state index contributed by atoms with van der Waals surface area (Å²) in [6.45, 7) is 0.452. The highest BCUT2D eigenvalue weighted by Gasteiger charge is 2.18. The average Bonchev–Trinajstić information content (AvgIpc) is 3.33. The fraction of sp³-hybridized carbons (Fsp3) is 0.143. The Balaban J connectivity index is 1.73. The highest BCUT2D eigenvalue weighted by molar-refractivity contribution is 7.08. The van der Waals surface area contributed by atoms with E-state index in [1.807, 2.05) is 16.8 Å². The van der Waals surface area contributed by atoms with Crippen LogP contribution in [-0.4, -0.2) is 34.2 Å². The molecule has 0 unspecified atom stereocenters. The van der Waals surface area contributed by atoms with Gasteiger partial charge in [0.15, 0.2) is 0 Å². The number of aromatic nitrogens is 4. The normalized spacial score (nSPS) is 10.6. The summed E-state index contributed by atoms with van der Waals surface area (Å²) in [6, 6.07) is 8.46. The van der Waals surface area contributed by atoms with Gasteiger partial charge in [-0.2, -0.15) is 16.3 Å². The van der Waals surface area contributed by atoms with Crippen molar-refractivity contribution in [3.05, 3.63) is 64.9 Å². The third-order valence-electron chi connectivity index (χ3n) is 4.35. The molecule has 0 aliphatic rings. The summed E-state index contributed by atoms with van der Waals surface area (Å²) >= 11 is 1.58. The molecule has 4 rings (SSSR count). The van der Waals surface area contributed by atoms with Crippen LogP contribution in [0, 0.1) is 5.82 Å². The van der Waals surface area contributed by atoms with E-state index in [0.29, 0.717) is 29.6 Å². The van der Waals surface area contributed by atoms with Crippen LogP contribution in [0.5, 0.6) is 11.9 Å². The molecular formula is C21H18FN5O2S. The largest absolute Gasteiger partial charge is 0.480 e. The highest BCUT2D eigenvalue weighted by atomic mass is 32.1. The Bertz CT molecular complexity index is 1140. The van der Waals surface area contributed by atoms with Crippen LogP contribution in [-0.2, 0) is 6.54 Å². The van der Waals surface area contributed by atoms with Gasteiger partial charge in [-0.3, -0.25) is 0 Å². The molecule has 0 radical (unpaired) electrons. The van der Waals surface area contributed by atoms with Crippen molar-refractivity contribution in [1.82, 2.24) is 19.9 Å². The third-order valence-corrected chi connectivity index (χ3v) is 5.03. The summed E-state index contributed by atoms with van der Waals surface area (Å²) in [6.07, 6.45) is 3.37. The van der Waals surface area contributed by atoms with Crippen LogP contribution in [0.4, 0.5) is 10.3 Å². The van der Waals surface area contributed by atoms with Gasteiger partial charge in [0.25, 0.3) is 0 Å². The number of nitrogens with zero attached hydrogens (tertiary/aromatic N) is 4. The second kappa shape index (κ2) is 8.83. The van der Waals surface area contributed by atoms with Crippen molar-refractivity contribution in [2.75, 3.05) is 19.5 Å². The summed E-state index contributed by atoms with van der Waals surface area (Å²) in [5, 5.41) is 7.18. The third kappa shape index (κ3) is 4.20. The van der Waals surface area contributed by atoms with E-state index in [9.17, 15) is 4.39 Å². The van der Waals surface area contributed by atoms with Gasteiger partial charge in [0.05, 0.1) is 25.5 Å². The van der Waals surface area contributed by atoms with Gasteiger partial charge in [-0.05, 0) is 40.1 Å². The lowest BCUT2D eigenvalue weighted by Crippen LogP contribution is -2.06. The second-order valence-corrected chi connectivity index (χ2v) is 7.01. The van der Waals surface area contributed by atoms with E-state index in [-0.39, 0.29) is 11.8 Å². The van der Waals surface area contributed by atoms with E-state index < -0.39 is 0 Å². The van der Waals surface area contributed by atoms with Crippen LogP contribution in [0.3, 0.4) is 0 Å². The number of rotatable bonds is 7. The zero-order valence-electron chi connectivity index (χ0n) is 16.3. The lowest BCUT2D eigenvalue weighted by atomic mass is 10.1. The smallest absolute Gasteiger partial charge is 0.319 e. The summed E-state index contributed by atoms with van der Waals surface area (Å²) in [5.41, 5.74) is 3.97. The van der Waals surface area contributed by atoms with Gasteiger partial charge >= 0.3 is 6.01 Å². The number of thiophene rings is 1. The van der Waals surface area contributed by atoms with Gasteiger partial charge in [0.1, 0.15) is 5.82 Å². The summed E-state index contributed by atoms with van der Waals surface area (Å²) < 4.78 is 23.7.